The van der Waals surface area contributed by atoms with Gasteiger partial charge in [-0.2, -0.15) is 0 Å². The second kappa shape index (κ2) is 13.6. The molecule has 1 aliphatic heterocycles. The molecule has 0 saturated carbocycles. The van der Waals surface area contributed by atoms with Gasteiger partial charge in [-0.1, -0.05) is 42.5 Å². The van der Waals surface area contributed by atoms with Crippen LogP contribution in [0.5, 0.6) is 0 Å². The molecule has 1 atom stereocenters. The minimum atomic E-state index is -0.0498. The number of aromatic nitrogens is 1. The van der Waals surface area contributed by atoms with Crippen LogP contribution in [0.15, 0.2) is 55.0 Å². The summed E-state index contributed by atoms with van der Waals surface area (Å²) in [7, 11) is 5.63. The van der Waals surface area contributed by atoms with Crippen LogP contribution < -0.4 is 5.32 Å². The zero-order valence-corrected chi connectivity index (χ0v) is 21.4. The Balaban J connectivity index is 2.10. The topological polar surface area (TPSA) is 57.7 Å². The van der Waals surface area contributed by atoms with Gasteiger partial charge in [-0.25, -0.2) is 0 Å². The number of nitrogens with one attached hydrogen (secondary N) is 1. The van der Waals surface area contributed by atoms with Crippen LogP contribution in [0.3, 0.4) is 0 Å². The van der Waals surface area contributed by atoms with E-state index in [1.807, 2.05) is 19.2 Å². The molecule has 184 valence electrons. The van der Waals surface area contributed by atoms with Crippen molar-refractivity contribution in [3.05, 3.63) is 77.5 Å². The highest BCUT2D eigenvalue weighted by molar-refractivity contribution is 5.95. The van der Waals surface area contributed by atoms with Crippen molar-refractivity contribution in [1.29, 1.82) is 0 Å². The Labute approximate surface area is 205 Å². The van der Waals surface area contributed by atoms with E-state index in [0.717, 1.165) is 49.4 Å². The molecule has 1 aliphatic rings. The van der Waals surface area contributed by atoms with E-state index >= 15 is 0 Å². The van der Waals surface area contributed by atoms with Crippen molar-refractivity contribution in [2.24, 2.45) is 0 Å². The lowest BCUT2D eigenvalue weighted by molar-refractivity contribution is 0.0825. The van der Waals surface area contributed by atoms with E-state index < -0.39 is 0 Å². The summed E-state index contributed by atoms with van der Waals surface area (Å²) >= 11 is 0. The van der Waals surface area contributed by atoms with Gasteiger partial charge < -0.3 is 19.9 Å². The molecule has 6 heteroatoms. The summed E-state index contributed by atoms with van der Waals surface area (Å²) in [4.78, 5) is 21.4. The minimum absolute atomic E-state index is 0.0498. The van der Waals surface area contributed by atoms with Crippen molar-refractivity contribution in [3.63, 3.8) is 0 Å². The maximum atomic E-state index is 12.8. The van der Waals surface area contributed by atoms with Gasteiger partial charge in [0.05, 0.1) is 29.8 Å². The van der Waals surface area contributed by atoms with Gasteiger partial charge in [-0.3, -0.25) is 9.78 Å². The third-order valence-electron chi connectivity index (χ3n) is 5.99. The summed E-state index contributed by atoms with van der Waals surface area (Å²) in [5.74, 6) is -0.0498. The van der Waals surface area contributed by atoms with Crippen molar-refractivity contribution < 1.29 is 9.53 Å². The molecule has 0 saturated heterocycles. The first kappa shape index (κ1) is 27.1. The highest BCUT2D eigenvalue weighted by Gasteiger charge is 2.18. The van der Waals surface area contributed by atoms with Crippen LogP contribution in [0.25, 0.3) is 12.2 Å². The quantitative estimate of drug-likeness (QED) is 0.455. The number of likely N-dealkylation sites (N-methyl/N-ethyl adjacent to an activating group) is 1. The number of carbonyl (C=O) groups excluding carboxylic acids is 1. The molecule has 0 fully saturated rings. The number of allylic oxidation sites excluding steroid dienone is 3. The zero-order chi connectivity index (χ0) is 25.1. The van der Waals surface area contributed by atoms with Crippen molar-refractivity contribution in [1.82, 2.24) is 20.1 Å². The molecule has 0 spiro atoms. The molecule has 1 N–H and O–H groups in total. The van der Waals surface area contributed by atoms with Gasteiger partial charge >= 0.3 is 0 Å². The van der Waals surface area contributed by atoms with E-state index in [1.54, 1.807) is 37.4 Å². The van der Waals surface area contributed by atoms with Crippen LogP contribution in [0, 0.1) is 0 Å². The number of nitrogens with zero attached hydrogens (tertiary/aromatic N) is 3. The molecule has 1 aromatic rings. The van der Waals surface area contributed by atoms with Gasteiger partial charge in [0, 0.05) is 51.8 Å². The van der Waals surface area contributed by atoms with Gasteiger partial charge in [-0.05, 0) is 39.5 Å². The number of hydrogen-bond donors (Lipinski definition) is 1. The lowest BCUT2D eigenvalue weighted by Gasteiger charge is -2.24. The summed E-state index contributed by atoms with van der Waals surface area (Å²) in [6.07, 6.45) is 13.9. The average molecular weight is 465 g/mol. The van der Waals surface area contributed by atoms with E-state index in [2.05, 4.69) is 49.5 Å². The molecule has 0 bridgehead atoms. The molecular weight excluding hydrogens is 424 g/mol. The molecular formula is C28H40N4O2. The van der Waals surface area contributed by atoms with Crippen molar-refractivity contribution in [2.75, 3.05) is 40.8 Å². The predicted molar refractivity (Wildman–Crippen MR) is 142 cm³/mol. The number of amides is 1. The summed E-state index contributed by atoms with van der Waals surface area (Å²) in [6.45, 7) is 14.5. The summed E-state index contributed by atoms with van der Waals surface area (Å²) in [5.41, 5.74) is 5.69. The highest BCUT2D eigenvalue weighted by atomic mass is 16.5. The highest BCUT2D eigenvalue weighted by Crippen LogP contribution is 2.21. The van der Waals surface area contributed by atoms with Crippen LogP contribution in [-0.4, -0.2) is 67.6 Å². The SMILES string of the molecule is C=Cc1cc(C(=O)N(C)C)c(CCN(C)CC/C(CC2CNC=CO2)=C(C)/C=C\C)nc1C=C. The summed E-state index contributed by atoms with van der Waals surface area (Å²) < 4.78 is 5.77. The van der Waals surface area contributed by atoms with E-state index in [4.69, 9.17) is 9.72 Å². The Morgan fingerprint density at radius 3 is 2.62 bits per heavy atom. The number of ether oxygens (including phenoxy) is 1. The van der Waals surface area contributed by atoms with Gasteiger partial charge in [0.2, 0.25) is 0 Å². The van der Waals surface area contributed by atoms with Gasteiger partial charge in [0.15, 0.2) is 0 Å². The van der Waals surface area contributed by atoms with Gasteiger partial charge in [0.25, 0.3) is 5.91 Å². The molecule has 2 heterocycles. The molecule has 6 nitrogen and oxygen atoms in total. The molecule has 0 aromatic carbocycles. The van der Waals surface area contributed by atoms with E-state index in [9.17, 15) is 4.79 Å². The zero-order valence-electron chi connectivity index (χ0n) is 21.4. The first-order valence-electron chi connectivity index (χ1n) is 11.8. The Hall–Kier alpha value is -3.12. The molecule has 2 rings (SSSR count). The molecule has 1 aromatic heterocycles. The van der Waals surface area contributed by atoms with Crippen molar-refractivity contribution in [3.8, 4) is 0 Å². The lowest BCUT2D eigenvalue weighted by atomic mass is 9.98. The van der Waals surface area contributed by atoms with Crippen molar-refractivity contribution >= 4 is 18.1 Å². The monoisotopic (exact) mass is 464 g/mol. The maximum absolute atomic E-state index is 12.8. The molecule has 1 amide bonds. The number of pyridine rings is 1. The summed E-state index contributed by atoms with van der Waals surface area (Å²) in [5, 5.41) is 3.25. The molecule has 1 unspecified atom stereocenters. The predicted octanol–water partition coefficient (Wildman–Crippen LogP) is 4.68. The number of hydrogen-bond acceptors (Lipinski definition) is 5. The molecule has 0 radical (unpaired) electrons. The smallest absolute Gasteiger partial charge is 0.255 e. The second-order valence-electron chi connectivity index (χ2n) is 8.83. The minimum Gasteiger partial charge on any atom is -0.494 e. The Kier molecular flexibility index (Phi) is 10.8. The average Bonchev–Trinajstić information content (AvgIpc) is 2.84. The fourth-order valence-electron chi connectivity index (χ4n) is 3.93. The Morgan fingerprint density at radius 2 is 2.03 bits per heavy atom. The second-order valence-corrected chi connectivity index (χ2v) is 8.83. The largest absolute Gasteiger partial charge is 0.494 e. The normalized spacial score (nSPS) is 16.1. The molecule has 0 aliphatic carbocycles. The van der Waals surface area contributed by atoms with Crippen LogP contribution in [0.4, 0.5) is 0 Å². The first-order valence-corrected chi connectivity index (χ1v) is 11.8. The van der Waals surface area contributed by atoms with Crippen LogP contribution in [-0.2, 0) is 11.2 Å². The lowest BCUT2D eigenvalue weighted by Crippen LogP contribution is -2.30. The Morgan fingerprint density at radius 1 is 1.26 bits per heavy atom. The number of carbonyl (C=O) groups is 1. The fourth-order valence-corrected chi connectivity index (χ4v) is 3.93. The first-order chi connectivity index (χ1) is 16.3. The van der Waals surface area contributed by atoms with Crippen LogP contribution in [0.1, 0.15) is 54.0 Å². The summed E-state index contributed by atoms with van der Waals surface area (Å²) in [6, 6.07) is 1.88. The van der Waals surface area contributed by atoms with Gasteiger partial charge in [0.1, 0.15) is 6.10 Å². The van der Waals surface area contributed by atoms with E-state index in [-0.39, 0.29) is 12.0 Å². The Bertz CT molecular complexity index is 959. The van der Waals surface area contributed by atoms with E-state index in [1.165, 1.54) is 11.1 Å². The third kappa shape index (κ3) is 7.73. The fraction of sp³-hybridized carbons (Fsp3) is 0.429. The standard InChI is InChI=1S/C28H40N4O2/c1-8-11-21(4)23(18-24-20-29-14-17-34-24)12-15-32(7)16-13-27-25(28(33)31(5)6)19-22(9-2)26(10-3)30-27/h8-11,14,17,19,24,29H,2-3,12-13,15-16,18,20H2,1,4-7H3/b11-8-,23-21-. The number of rotatable bonds is 12. The third-order valence-corrected chi connectivity index (χ3v) is 5.99. The molecule has 34 heavy (non-hydrogen) atoms. The van der Waals surface area contributed by atoms with Crippen LogP contribution >= 0.6 is 0 Å². The van der Waals surface area contributed by atoms with Crippen molar-refractivity contribution in [2.45, 2.75) is 39.2 Å². The van der Waals surface area contributed by atoms with E-state index in [0.29, 0.717) is 12.0 Å². The van der Waals surface area contributed by atoms with Gasteiger partial charge in [-0.15, -0.1) is 0 Å². The van der Waals surface area contributed by atoms with Crippen LogP contribution in [0.2, 0.25) is 0 Å². The maximum Gasteiger partial charge on any atom is 0.255 e.